The van der Waals surface area contributed by atoms with Crippen molar-refractivity contribution in [3.8, 4) is 5.75 Å². The molecule has 3 nitrogen and oxygen atoms in total. The zero-order valence-corrected chi connectivity index (χ0v) is 11.9. The average molecular weight is 270 g/mol. The van der Waals surface area contributed by atoms with Crippen LogP contribution in [-0.4, -0.2) is 12.6 Å². The predicted octanol–water partition coefficient (Wildman–Crippen LogP) is 3.41. The maximum Gasteiger partial charge on any atom is 0.119 e. The van der Waals surface area contributed by atoms with E-state index in [1.807, 2.05) is 42.5 Å². The molecule has 0 aromatic heterocycles. The Morgan fingerprint density at radius 3 is 2.40 bits per heavy atom. The normalized spacial score (nSPS) is 11.9. The highest BCUT2D eigenvalue weighted by molar-refractivity contribution is 5.46. The molecule has 2 aromatic rings. The van der Waals surface area contributed by atoms with Crippen LogP contribution >= 0.6 is 0 Å². The summed E-state index contributed by atoms with van der Waals surface area (Å²) in [6.07, 6.45) is 0.977. The molecule has 3 heteroatoms. The molecule has 3 N–H and O–H groups in total. The Morgan fingerprint density at radius 1 is 1.05 bits per heavy atom. The van der Waals surface area contributed by atoms with Crippen LogP contribution in [0.5, 0.6) is 5.75 Å². The van der Waals surface area contributed by atoms with Crippen LogP contribution in [0, 0.1) is 0 Å². The quantitative estimate of drug-likeness (QED) is 0.810. The van der Waals surface area contributed by atoms with Gasteiger partial charge in [0.25, 0.3) is 0 Å². The van der Waals surface area contributed by atoms with E-state index in [9.17, 15) is 0 Å². The fourth-order valence-corrected chi connectivity index (χ4v) is 1.80. The van der Waals surface area contributed by atoms with Gasteiger partial charge in [-0.05, 0) is 36.2 Å². The summed E-state index contributed by atoms with van der Waals surface area (Å²) in [5.41, 5.74) is 8.12. The molecule has 0 bridgehead atoms. The minimum absolute atomic E-state index is 0.198. The summed E-state index contributed by atoms with van der Waals surface area (Å²) < 4.78 is 5.74. The fourth-order valence-electron chi connectivity index (χ4n) is 1.80. The van der Waals surface area contributed by atoms with E-state index in [0.29, 0.717) is 6.61 Å². The zero-order valence-electron chi connectivity index (χ0n) is 11.9. The van der Waals surface area contributed by atoms with E-state index in [-0.39, 0.29) is 6.04 Å². The number of ether oxygens (including phenoxy) is 1. The summed E-state index contributed by atoms with van der Waals surface area (Å²) >= 11 is 0. The summed E-state index contributed by atoms with van der Waals surface area (Å²) in [6, 6.07) is 18.3. The molecular weight excluding hydrogens is 248 g/mol. The van der Waals surface area contributed by atoms with Crippen molar-refractivity contribution in [2.24, 2.45) is 5.73 Å². The van der Waals surface area contributed by atoms with Crippen molar-refractivity contribution in [1.29, 1.82) is 0 Å². The maximum atomic E-state index is 5.88. The van der Waals surface area contributed by atoms with Crippen LogP contribution in [0.15, 0.2) is 54.6 Å². The molecule has 20 heavy (non-hydrogen) atoms. The molecule has 0 spiro atoms. The minimum atomic E-state index is 0.198. The Balaban J connectivity index is 1.82. The van der Waals surface area contributed by atoms with Crippen molar-refractivity contribution in [1.82, 2.24) is 0 Å². The highest BCUT2D eigenvalue weighted by Gasteiger charge is 2.00. The van der Waals surface area contributed by atoms with Gasteiger partial charge in [0.15, 0.2) is 0 Å². The molecule has 0 heterocycles. The van der Waals surface area contributed by atoms with Crippen molar-refractivity contribution < 1.29 is 4.74 Å². The number of anilines is 1. The van der Waals surface area contributed by atoms with Crippen molar-refractivity contribution in [2.45, 2.75) is 26.0 Å². The smallest absolute Gasteiger partial charge is 0.119 e. The van der Waals surface area contributed by atoms with Crippen LogP contribution in [-0.2, 0) is 6.61 Å². The number of hydrogen-bond acceptors (Lipinski definition) is 3. The largest absolute Gasteiger partial charge is 0.489 e. The first-order chi connectivity index (χ1) is 9.78. The monoisotopic (exact) mass is 270 g/mol. The number of nitrogens with two attached hydrogens (primary N) is 1. The summed E-state index contributed by atoms with van der Waals surface area (Å²) in [5.74, 6) is 0.874. The average Bonchev–Trinajstić information content (AvgIpc) is 2.52. The van der Waals surface area contributed by atoms with Crippen LogP contribution < -0.4 is 15.8 Å². The van der Waals surface area contributed by atoms with Crippen LogP contribution in [0.3, 0.4) is 0 Å². The van der Waals surface area contributed by atoms with Gasteiger partial charge in [-0.1, -0.05) is 37.3 Å². The molecule has 0 saturated carbocycles. The van der Waals surface area contributed by atoms with Crippen LogP contribution in [0.2, 0.25) is 0 Å². The molecule has 0 unspecified atom stereocenters. The van der Waals surface area contributed by atoms with E-state index < -0.39 is 0 Å². The van der Waals surface area contributed by atoms with Gasteiger partial charge in [0.1, 0.15) is 12.4 Å². The summed E-state index contributed by atoms with van der Waals surface area (Å²) in [4.78, 5) is 0. The Morgan fingerprint density at radius 2 is 1.75 bits per heavy atom. The molecule has 0 aliphatic heterocycles. The molecular formula is C17H22N2O. The molecule has 2 rings (SSSR count). The predicted molar refractivity (Wildman–Crippen MR) is 84.0 cm³/mol. The lowest BCUT2D eigenvalue weighted by molar-refractivity contribution is 0.306. The van der Waals surface area contributed by atoms with Gasteiger partial charge >= 0.3 is 0 Å². The van der Waals surface area contributed by atoms with E-state index in [0.717, 1.165) is 24.4 Å². The van der Waals surface area contributed by atoms with Gasteiger partial charge in [0.2, 0.25) is 0 Å². The first-order valence-corrected chi connectivity index (χ1v) is 7.04. The van der Waals surface area contributed by atoms with Gasteiger partial charge in [-0.2, -0.15) is 0 Å². The lowest BCUT2D eigenvalue weighted by Gasteiger charge is -2.12. The Hall–Kier alpha value is -2.00. The molecule has 0 aliphatic carbocycles. The summed E-state index contributed by atoms with van der Waals surface area (Å²) in [6.45, 7) is 3.47. The van der Waals surface area contributed by atoms with Gasteiger partial charge < -0.3 is 15.8 Å². The first-order valence-electron chi connectivity index (χ1n) is 7.04. The van der Waals surface area contributed by atoms with Crippen LogP contribution in [0.4, 0.5) is 5.69 Å². The second-order valence-electron chi connectivity index (χ2n) is 4.85. The highest BCUT2D eigenvalue weighted by atomic mass is 16.5. The highest BCUT2D eigenvalue weighted by Crippen LogP contribution is 2.17. The van der Waals surface area contributed by atoms with E-state index in [1.54, 1.807) is 0 Å². The first kappa shape index (κ1) is 14.4. The van der Waals surface area contributed by atoms with Crippen molar-refractivity contribution in [2.75, 3.05) is 11.9 Å². The van der Waals surface area contributed by atoms with Gasteiger partial charge in [-0.15, -0.1) is 0 Å². The lowest BCUT2D eigenvalue weighted by Crippen LogP contribution is -2.27. The fraction of sp³-hybridized carbons (Fsp3) is 0.294. The van der Waals surface area contributed by atoms with E-state index >= 15 is 0 Å². The van der Waals surface area contributed by atoms with Crippen molar-refractivity contribution in [3.05, 3.63) is 60.2 Å². The number of hydrogen-bond donors (Lipinski definition) is 2. The Kier molecular flexibility index (Phi) is 5.44. The third-order valence-corrected chi connectivity index (χ3v) is 3.20. The SMILES string of the molecule is CC[C@H](N)CNc1ccc(OCc2ccccc2)cc1. The lowest BCUT2D eigenvalue weighted by atomic mass is 10.2. The second-order valence-corrected chi connectivity index (χ2v) is 4.85. The third-order valence-electron chi connectivity index (χ3n) is 3.20. The van der Waals surface area contributed by atoms with Crippen LogP contribution in [0.25, 0.3) is 0 Å². The zero-order chi connectivity index (χ0) is 14.2. The molecule has 2 aromatic carbocycles. The maximum absolute atomic E-state index is 5.88. The molecule has 0 radical (unpaired) electrons. The van der Waals surface area contributed by atoms with Gasteiger partial charge in [0, 0.05) is 18.3 Å². The van der Waals surface area contributed by atoms with E-state index in [2.05, 4.69) is 24.4 Å². The Bertz CT molecular complexity index is 496. The van der Waals surface area contributed by atoms with E-state index in [1.165, 1.54) is 5.56 Å². The van der Waals surface area contributed by atoms with Crippen molar-refractivity contribution in [3.63, 3.8) is 0 Å². The second kappa shape index (κ2) is 7.56. The number of nitrogens with one attached hydrogen (secondary N) is 1. The minimum Gasteiger partial charge on any atom is -0.489 e. The molecule has 1 atom stereocenters. The number of rotatable bonds is 7. The molecule has 0 amide bonds. The van der Waals surface area contributed by atoms with Crippen molar-refractivity contribution >= 4 is 5.69 Å². The summed E-state index contributed by atoms with van der Waals surface area (Å²) in [7, 11) is 0. The van der Waals surface area contributed by atoms with Gasteiger partial charge in [-0.25, -0.2) is 0 Å². The summed E-state index contributed by atoms with van der Waals surface area (Å²) in [5, 5.41) is 3.32. The molecule has 0 fully saturated rings. The molecule has 0 aliphatic rings. The van der Waals surface area contributed by atoms with E-state index in [4.69, 9.17) is 10.5 Å². The number of benzene rings is 2. The Labute approximate surface area is 120 Å². The van der Waals surface area contributed by atoms with Gasteiger partial charge in [-0.3, -0.25) is 0 Å². The standard InChI is InChI=1S/C17H22N2O/c1-2-15(18)12-19-16-8-10-17(11-9-16)20-13-14-6-4-3-5-7-14/h3-11,15,19H,2,12-13,18H2,1H3/t15-/m0/s1. The molecule has 0 saturated heterocycles. The van der Waals surface area contributed by atoms with Gasteiger partial charge in [0.05, 0.1) is 0 Å². The third kappa shape index (κ3) is 4.59. The topological polar surface area (TPSA) is 47.3 Å². The van der Waals surface area contributed by atoms with Crippen LogP contribution in [0.1, 0.15) is 18.9 Å². The molecule has 106 valence electrons.